The van der Waals surface area contributed by atoms with E-state index in [1.165, 1.54) is 18.9 Å². The SMILES string of the molecule is C[SiH]1COCCCC[SiH2]CO1. The molecule has 0 aromatic heterocycles. The van der Waals surface area contributed by atoms with Crippen LogP contribution in [0.5, 0.6) is 0 Å². The first kappa shape index (κ1) is 9.44. The van der Waals surface area contributed by atoms with Crippen LogP contribution in [0.25, 0.3) is 0 Å². The third-order valence-electron chi connectivity index (χ3n) is 1.94. The second-order valence-electron chi connectivity index (χ2n) is 3.17. The van der Waals surface area contributed by atoms with Gasteiger partial charge in [-0.2, -0.15) is 0 Å². The van der Waals surface area contributed by atoms with E-state index in [1.807, 2.05) is 0 Å². The first-order valence-electron chi connectivity index (χ1n) is 4.59. The van der Waals surface area contributed by atoms with Crippen molar-refractivity contribution in [1.82, 2.24) is 0 Å². The molecule has 0 aromatic rings. The maximum Gasteiger partial charge on any atom is 0.198 e. The largest absolute Gasteiger partial charge is 0.422 e. The van der Waals surface area contributed by atoms with Gasteiger partial charge in [0.15, 0.2) is 9.04 Å². The van der Waals surface area contributed by atoms with Gasteiger partial charge in [0.05, 0.1) is 6.23 Å². The van der Waals surface area contributed by atoms with Crippen LogP contribution in [0.1, 0.15) is 12.8 Å². The smallest absolute Gasteiger partial charge is 0.198 e. The van der Waals surface area contributed by atoms with Gasteiger partial charge in [-0.15, -0.1) is 0 Å². The van der Waals surface area contributed by atoms with Crippen LogP contribution in [0.2, 0.25) is 12.6 Å². The normalized spacial score (nSPS) is 31.9. The van der Waals surface area contributed by atoms with Crippen LogP contribution in [0, 0.1) is 0 Å². The summed E-state index contributed by atoms with van der Waals surface area (Å²) in [5.74, 6) is 0. The van der Waals surface area contributed by atoms with Crippen molar-refractivity contribution in [3.8, 4) is 0 Å². The van der Waals surface area contributed by atoms with Crippen LogP contribution < -0.4 is 0 Å². The van der Waals surface area contributed by atoms with Crippen LogP contribution in [-0.4, -0.2) is 37.6 Å². The quantitative estimate of drug-likeness (QED) is 0.510. The Hall–Kier alpha value is 0.354. The van der Waals surface area contributed by atoms with Gasteiger partial charge in [-0.25, -0.2) is 0 Å². The molecule has 0 bridgehead atoms. The third kappa shape index (κ3) is 4.73. The molecule has 0 N–H and O–H groups in total. The maximum atomic E-state index is 5.69. The zero-order valence-corrected chi connectivity index (χ0v) is 9.91. The molecule has 66 valence electrons. The Kier molecular flexibility index (Phi) is 5.09. The van der Waals surface area contributed by atoms with Crippen molar-refractivity contribution in [2.45, 2.75) is 25.4 Å². The highest BCUT2D eigenvalue weighted by molar-refractivity contribution is 6.51. The molecule has 0 saturated carbocycles. The molecule has 1 atom stereocenters. The number of hydrogen-bond acceptors (Lipinski definition) is 2. The van der Waals surface area contributed by atoms with E-state index in [1.54, 1.807) is 0 Å². The fourth-order valence-corrected chi connectivity index (χ4v) is 5.02. The average Bonchev–Trinajstić information content (AvgIpc) is 2.03. The summed E-state index contributed by atoms with van der Waals surface area (Å²) < 4.78 is 11.2. The summed E-state index contributed by atoms with van der Waals surface area (Å²) in [6, 6.07) is 1.45. The Balaban J connectivity index is 2.12. The second kappa shape index (κ2) is 5.94. The Morgan fingerprint density at radius 2 is 2.27 bits per heavy atom. The fraction of sp³-hybridized carbons (Fsp3) is 1.00. The standard InChI is InChI=1S/C7H18O2Si2/c1-11-7-8-4-2-3-5-10-6-9-11/h11H,2-7,10H2,1H3. The van der Waals surface area contributed by atoms with Gasteiger partial charge in [0.1, 0.15) is 0 Å². The average molecular weight is 190 g/mol. The molecule has 1 heterocycles. The van der Waals surface area contributed by atoms with Gasteiger partial charge in [0.25, 0.3) is 0 Å². The summed E-state index contributed by atoms with van der Waals surface area (Å²) in [5.41, 5.74) is 0. The third-order valence-corrected chi connectivity index (χ3v) is 5.44. The first-order chi connectivity index (χ1) is 5.39. The number of ether oxygens (including phenoxy) is 1. The molecule has 1 saturated heterocycles. The zero-order chi connectivity index (χ0) is 7.94. The van der Waals surface area contributed by atoms with Gasteiger partial charge in [-0.1, -0.05) is 12.5 Å². The predicted octanol–water partition coefficient (Wildman–Crippen LogP) is 0.251. The zero-order valence-electron chi connectivity index (χ0n) is 7.34. The van der Waals surface area contributed by atoms with Gasteiger partial charge >= 0.3 is 0 Å². The van der Waals surface area contributed by atoms with Crippen molar-refractivity contribution >= 4 is 18.6 Å². The highest BCUT2D eigenvalue weighted by atomic mass is 28.3. The van der Waals surface area contributed by atoms with Crippen LogP contribution >= 0.6 is 0 Å². The molecule has 2 nitrogen and oxygen atoms in total. The monoisotopic (exact) mass is 190 g/mol. The van der Waals surface area contributed by atoms with E-state index < -0.39 is 9.04 Å². The Morgan fingerprint density at radius 1 is 1.36 bits per heavy atom. The topological polar surface area (TPSA) is 18.5 Å². The van der Waals surface area contributed by atoms with Crippen molar-refractivity contribution in [1.29, 1.82) is 0 Å². The van der Waals surface area contributed by atoms with Crippen LogP contribution in [0.15, 0.2) is 0 Å². The van der Waals surface area contributed by atoms with Gasteiger partial charge in [-0.05, 0) is 13.0 Å². The van der Waals surface area contributed by atoms with E-state index in [0.717, 1.165) is 19.1 Å². The molecule has 0 radical (unpaired) electrons. The highest BCUT2D eigenvalue weighted by Crippen LogP contribution is 1.99. The molecule has 0 amide bonds. The minimum atomic E-state index is -0.905. The molecule has 1 unspecified atom stereocenters. The summed E-state index contributed by atoms with van der Waals surface area (Å²) in [7, 11) is -0.766. The molecule has 0 spiro atoms. The molecular weight excluding hydrogens is 172 g/mol. The van der Waals surface area contributed by atoms with Crippen LogP contribution in [0.4, 0.5) is 0 Å². The lowest BCUT2D eigenvalue weighted by atomic mass is 10.4. The summed E-state index contributed by atoms with van der Waals surface area (Å²) in [5, 5.41) is 0. The minimum Gasteiger partial charge on any atom is -0.422 e. The number of hydrogen-bond donors (Lipinski definition) is 0. The van der Waals surface area contributed by atoms with Gasteiger partial charge < -0.3 is 9.16 Å². The Morgan fingerprint density at radius 3 is 3.18 bits per heavy atom. The molecule has 1 fully saturated rings. The summed E-state index contributed by atoms with van der Waals surface area (Å²) >= 11 is 0. The van der Waals surface area contributed by atoms with E-state index in [0.29, 0.717) is 0 Å². The molecule has 1 aliphatic heterocycles. The molecule has 1 rings (SSSR count). The molecular formula is C7H18O2Si2. The summed E-state index contributed by atoms with van der Waals surface area (Å²) in [6.07, 6.45) is 4.67. The highest BCUT2D eigenvalue weighted by Gasteiger charge is 2.06. The van der Waals surface area contributed by atoms with Gasteiger partial charge in [0.2, 0.25) is 0 Å². The molecule has 0 aliphatic carbocycles. The molecule has 1 aliphatic rings. The predicted molar refractivity (Wildman–Crippen MR) is 52.4 cm³/mol. The van der Waals surface area contributed by atoms with Crippen molar-refractivity contribution < 1.29 is 9.16 Å². The van der Waals surface area contributed by atoms with Crippen molar-refractivity contribution in [2.75, 3.05) is 19.1 Å². The lowest BCUT2D eigenvalue weighted by Gasteiger charge is -2.13. The van der Waals surface area contributed by atoms with E-state index in [-0.39, 0.29) is 9.52 Å². The van der Waals surface area contributed by atoms with Crippen molar-refractivity contribution in [3.63, 3.8) is 0 Å². The van der Waals surface area contributed by atoms with Gasteiger partial charge in [0, 0.05) is 22.4 Å². The van der Waals surface area contributed by atoms with Gasteiger partial charge in [-0.3, -0.25) is 0 Å². The summed E-state index contributed by atoms with van der Waals surface area (Å²) in [4.78, 5) is 0. The summed E-state index contributed by atoms with van der Waals surface area (Å²) in [6.45, 7) is 3.20. The maximum absolute atomic E-state index is 5.69. The van der Waals surface area contributed by atoms with Crippen LogP contribution in [0.3, 0.4) is 0 Å². The van der Waals surface area contributed by atoms with Crippen molar-refractivity contribution in [2.24, 2.45) is 0 Å². The fourth-order valence-electron chi connectivity index (χ4n) is 1.24. The minimum absolute atomic E-state index is 0.139. The second-order valence-corrected chi connectivity index (χ2v) is 7.28. The van der Waals surface area contributed by atoms with E-state index in [9.17, 15) is 0 Å². The molecule has 11 heavy (non-hydrogen) atoms. The lowest BCUT2D eigenvalue weighted by Crippen LogP contribution is -2.25. The number of rotatable bonds is 0. The lowest BCUT2D eigenvalue weighted by molar-refractivity contribution is 0.158. The van der Waals surface area contributed by atoms with E-state index in [2.05, 4.69) is 6.55 Å². The first-order valence-corrected chi connectivity index (χ1v) is 9.03. The van der Waals surface area contributed by atoms with Crippen LogP contribution in [-0.2, 0) is 9.16 Å². The van der Waals surface area contributed by atoms with E-state index in [4.69, 9.17) is 9.16 Å². The Bertz CT molecular complexity index is 90.4. The van der Waals surface area contributed by atoms with Crippen molar-refractivity contribution in [3.05, 3.63) is 0 Å². The Labute approximate surface area is 72.8 Å². The molecule has 4 heteroatoms. The molecule has 0 aromatic carbocycles. The van der Waals surface area contributed by atoms with E-state index >= 15 is 0 Å².